The molecule has 1 fully saturated rings. The molecule has 0 radical (unpaired) electrons. The maximum absolute atomic E-state index is 13.5. The van der Waals surface area contributed by atoms with Gasteiger partial charge < -0.3 is 15.4 Å². The fourth-order valence-corrected chi connectivity index (χ4v) is 5.95. The van der Waals surface area contributed by atoms with Crippen molar-refractivity contribution < 1.29 is 22.7 Å². The van der Waals surface area contributed by atoms with Gasteiger partial charge in [-0.1, -0.05) is 39.0 Å². The average molecular weight is 614 g/mol. The molecule has 43 heavy (non-hydrogen) atoms. The number of hydrogen-bond donors (Lipinski definition) is 3. The second-order valence-electron chi connectivity index (χ2n) is 12.2. The SMILES string of the molecule is CCN1CCC[C@H]1CNC(=O)C1CN(c2cc(C(=O)Nc3cc(C(C)(C)C)cc(NS(C)(=O)=O)c3OC)ccc2C)N=N1. The number of anilines is 3. The second-order valence-corrected chi connectivity index (χ2v) is 13.9. The molecule has 0 aliphatic carbocycles. The molecule has 0 spiro atoms. The van der Waals surface area contributed by atoms with E-state index < -0.39 is 22.0 Å². The van der Waals surface area contributed by atoms with Gasteiger partial charge in [0.2, 0.25) is 15.9 Å². The first-order valence-electron chi connectivity index (χ1n) is 14.5. The lowest BCUT2D eigenvalue weighted by molar-refractivity contribution is -0.122. The van der Waals surface area contributed by atoms with Gasteiger partial charge in [-0.3, -0.25) is 19.2 Å². The minimum absolute atomic E-state index is 0.162. The van der Waals surface area contributed by atoms with Crippen molar-refractivity contribution >= 4 is 38.9 Å². The average Bonchev–Trinajstić information content (AvgIpc) is 3.60. The Labute approximate surface area is 254 Å². The predicted molar refractivity (Wildman–Crippen MR) is 169 cm³/mol. The quantitative estimate of drug-likeness (QED) is 0.366. The maximum Gasteiger partial charge on any atom is 0.255 e. The zero-order chi connectivity index (χ0) is 31.5. The molecule has 2 atom stereocenters. The van der Waals surface area contributed by atoms with Crippen LogP contribution in [0.2, 0.25) is 0 Å². The van der Waals surface area contributed by atoms with Crippen LogP contribution in [0, 0.1) is 6.92 Å². The normalized spacial score (nSPS) is 19.0. The number of nitrogens with one attached hydrogen (secondary N) is 3. The molecule has 2 aliphatic heterocycles. The van der Waals surface area contributed by atoms with Crippen molar-refractivity contribution in [2.75, 3.05) is 54.6 Å². The number of rotatable bonds is 10. The molecule has 2 heterocycles. The number of hydrogen-bond acceptors (Lipinski definition) is 9. The molecule has 2 aliphatic rings. The Hall–Kier alpha value is -3.71. The van der Waals surface area contributed by atoms with Gasteiger partial charge in [0.25, 0.3) is 5.91 Å². The summed E-state index contributed by atoms with van der Waals surface area (Å²) in [7, 11) is -2.20. The van der Waals surface area contributed by atoms with Crippen molar-refractivity contribution in [1.82, 2.24) is 10.2 Å². The summed E-state index contributed by atoms with van der Waals surface area (Å²) in [5.41, 5.74) is 2.90. The Balaban J connectivity index is 1.51. The predicted octanol–water partition coefficient (Wildman–Crippen LogP) is 4.08. The summed E-state index contributed by atoms with van der Waals surface area (Å²) in [5, 5.41) is 16.0. The van der Waals surface area contributed by atoms with Gasteiger partial charge in [-0.15, -0.1) is 0 Å². The lowest BCUT2D eigenvalue weighted by atomic mass is 9.86. The third-order valence-electron chi connectivity index (χ3n) is 7.82. The van der Waals surface area contributed by atoms with Crippen LogP contribution in [0.3, 0.4) is 0 Å². The van der Waals surface area contributed by atoms with Gasteiger partial charge in [-0.05, 0) is 73.7 Å². The van der Waals surface area contributed by atoms with E-state index in [1.54, 1.807) is 29.3 Å². The van der Waals surface area contributed by atoms with Crippen LogP contribution < -0.4 is 25.1 Å². The van der Waals surface area contributed by atoms with Crippen molar-refractivity contribution in [2.24, 2.45) is 10.3 Å². The molecular formula is C30H43N7O5S. The number of nitrogens with zero attached hydrogens (tertiary/aromatic N) is 4. The van der Waals surface area contributed by atoms with Crippen LogP contribution in [0.4, 0.5) is 17.1 Å². The summed E-state index contributed by atoms with van der Waals surface area (Å²) >= 11 is 0. The van der Waals surface area contributed by atoms with Gasteiger partial charge >= 0.3 is 0 Å². The summed E-state index contributed by atoms with van der Waals surface area (Å²) in [6, 6.07) is 8.41. The lowest BCUT2D eigenvalue weighted by Crippen LogP contribution is -2.44. The van der Waals surface area contributed by atoms with Gasteiger partial charge in [-0.25, -0.2) is 13.4 Å². The van der Waals surface area contributed by atoms with Crippen molar-refractivity contribution in [3.63, 3.8) is 0 Å². The lowest BCUT2D eigenvalue weighted by Gasteiger charge is -2.24. The molecule has 234 valence electrons. The number of carbonyl (C=O) groups is 2. The molecule has 1 saturated heterocycles. The molecular weight excluding hydrogens is 570 g/mol. The standard InChI is InChI=1S/C30H43N7O5S/c1-8-36-13-9-10-22(36)17-31-29(39)25-18-37(35-33-25)26-14-20(12-11-19(26)2)28(38)32-23-15-21(30(3,4)5)16-24(27(23)42-6)34-43(7,40)41/h11-12,14-16,22,25,34H,8-10,13,17-18H2,1-7H3,(H,31,39)(H,32,38)/t22-,25?/m0/s1. The molecule has 2 aromatic carbocycles. The van der Waals surface area contributed by atoms with E-state index in [0.29, 0.717) is 29.5 Å². The highest BCUT2D eigenvalue weighted by Crippen LogP contribution is 2.39. The zero-order valence-electron chi connectivity index (χ0n) is 26.0. The minimum Gasteiger partial charge on any atom is -0.492 e. The number of ether oxygens (including phenoxy) is 1. The summed E-state index contributed by atoms with van der Waals surface area (Å²) in [4.78, 5) is 28.8. The topological polar surface area (TPSA) is 145 Å². The first-order chi connectivity index (χ1) is 20.2. The Morgan fingerprint density at radius 1 is 1.14 bits per heavy atom. The highest BCUT2D eigenvalue weighted by Gasteiger charge is 2.30. The van der Waals surface area contributed by atoms with Crippen LogP contribution in [-0.4, -0.2) is 76.8 Å². The van der Waals surface area contributed by atoms with Gasteiger partial charge in [0.1, 0.15) is 0 Å². The first-order valence-corrected chi connectivity index (χ1v) is 16.4. The van der Waals surface area contributed by atoms with E-state index in [-0.39, 0.29) is 29.3 Å². The third kappa shape index (κ3) is 7.82. The van der Waals surface area contributed by atoms with E-state index >= 15 is 0 Å². The fourth-order valence-electron chi connectivity index (χ4n) is 5.40. The maximum atomic E-state index is 13.5. The highest BCUT2D eigenvalue weighted by molar-refractivity contribution is 7.92. The van der Waals surface area contributed by atoms with Crippen molar-refractivity contribution in [1.29, 1.82) is 0 Å². The van der Waals surface area contributed by atoms with Gasteiger partial charge in [-0.2, -0.15) is 5.11 Å². The van der Waals surface area contributed by atoms with E-state index in [1.165, 1.54) is 7.11 Å². The highest BCUT2D eigenvalue weighted by atomic mass is 32.2. The molecule has 0 aromatic heterocycles. The molecule has 12 nitrogen and oxygen atoms in total. The van der Waals surface area contributed by atoms with E-state index in [1.807, 2.05) is 33.8 Å². The number of amides is 2. The summed E-state index contributed by atoms with van der Waals surface area (Å²) in [6.45, 7) is 12.9. The van der Waals surface area contributed by atoms with E-state index in [0.717, 1.165) is 43.3 Å². The van der Waals surface area contributed by atoms with Gasteiger partial charge in [0.15, 0.2) is 11.8 Å². The molecule has 3 N–H and O–H groups in total. The molecule has 4 rings (SSSR count). The van der Waals surface area contributed by atoms with Crippen molar-refractivity contribution in [2.45, 2.75) is 65.0 Å². The zero-order valence-corrected chi connectivity index (χ0v) is 26.8. The number of sulfonamides is 1. The molecule has 2 amide bonds. The number of methoxy groups -OCH3 is 1. The monoisotopic (exact) mass is 613 g/mol. The van der Waals surface area contributed by atoms with Crippen molar-refractivity contribution in [3.8, 4) is 5.75 Å². The summed E-state index contributed by atoms with van der Waals surface area (Å²) in [5.74, 6) is -0.385. The second kappa shape index (κ2) is 12.9. The van der Waals surface area contributed by atoms with Crippen molar-refractivity contribution in [3.05, 3.63) is 47.0 Å². The first kappa shape index (κ1) is 32.2. The molecule has 0 bridgehead atoms. The van der Waals surface area contributed by atoms with Crippen LogP contribution >= 0.6 is 0 Å². The smallest absolute Gasteiger partial charge is 0.255 e. The number of benzene rings is 2. The Morgan fingerprint density at radius 3 is 2.51 bits per heavy atom. The largest absolute Gasteiger partial charge is 0.492 e. The molecule has 2 aromatic rings. The van der Waals surface area contributed by atoms with E-state index in [4.69, 9.17) is 4.74 Å². The number of likely N-dealkylation sites (tertiary alicyclic amines) is 1. The van der Waals surface area contributed by atoms with Crippen LogP contribution in [0.5, 0.6) is 5.75 Å². The number of carbonyl (C=O) groups excluding carboxylic acids is 2. The van der Waals surface area contributed by atoms with E-state index in [2.05, 4.69) is 37.5 Å². The van der Waals surface area contributed by atoms with E-state index in [9.17, 15) is 18.0 Å². The van der Waals surface area contributed by atoms with Crippen LogP contribution in [0.15, 0.2) is 40.7 Å². The van der Waals surface area contributed by atoms with Gasteiger partial charge in [0, 0.05) is 18.2 Å². The Kier molecular flexibility index (Phi) is 9.65. The summed E-state index contributed by atoms with van der Waals surface area (Å²) in [6.07, 6.45) is 3.27. The van der Waals surface area contributed by atoms with Crippen LogP contribution in [0.25, 0.3) is 0 Å². The minimum atomic E-state index is -3.61. The van der Waals surface area contributed by atoms with Gasteiger partial charge in [0.05, 0.1) is 37.0 Å². The Morgan fingerprint density at radius 2 is 1.86 bits per heavy atom. The molecule has 1 unspecified atom stereocenters. The Bertz CT molecular complexity index is 1500. The molecule has 13 heteroatoms. The van der Waals surface area contributed by atoms with Crippen LogP contribution in [0.1, 0.15) is 62.0 Å². The van der Waals surface area contributed by atoms with Crippen LogP contribution in [-0.2, 0) is 20.2 Å². The number of aryl methyl sites for hydroxylation is 1. The fraction of sp³-hybridized carbons (Fsp3) is 0.533. The number of likely N-dealkylation sites (N-methyl/N-ethyl adjacent to an activating group) is 1. The molecule has 0 saturated carbocycles. The summed E-state index contributed by atoms with van der Waals surface area (Å²) < 4.78 is 32.2. The third-order valence-corrected chi connectivity index (χ3v) is 8.41.